The van der Waals surface area contributed by atoms with Crippen LogP contribution in [0, 0.1) is 13.8 Å². The molecule has 3 aromatic rings. The molecule has 0 fully saturated rings. The van der Waals surface area contributed by atoms with E-state index in [1.165, 1.54) is 0 Å². The first kappa shape index (κ1) is 20.5. The summed E-state index contributed by atoms with van der Waals surface area (Å²) in [7, 11) is 3.13. The van der Waals surface area contributed by atoms with E-state index in [2.05, 4.69) is 10.3 Å². The van der Waals surface area contributed by atoms with Gasteiger partial charge in [-0.1, -0.05) is 18.2 Å². The quantitative estimate of drug-likeness (QED) is 0.645. The number of aromatic nitrogens is 1. The Morgan fingerprint density at radius 3 is 2.45 bits per heavy atom. The number of ether oxygens (including phenoxy) is 2. The van der Waals surface area contributed by atoms with Crippen molar-refractivity contribution in [3.8, 4) is 11.5 Å². The Labute approximate surface area is 169 Å². The number of fused-ring (bicyclic) bond motifs is 1. The van der Waals surface area contributed by atoms with Gasteiger partial charge in [0.15, 0.2) is 11.5 Å². The fourth-order valence-corrected chi connectivity index (χ4v) is 3.38. The summed E-state index contributed by atoms with van der Waals surface area (Å²) in [5, 5.41) is 3.92. The van der Waals surface area contributed by atoms with Crippen molar-refractivity contribution in [2.45, 2.75) is 26.7 Å². The van der Waals surface area contributed by atoms with Gasteiger partial charge in [0.05, 0.1) is 26.2 Å². The number of nitrogens with one attached hydrogen (secondary N) is 2. The monoisotopic (exact) mass is 394 g/mol. The van der Waals surface area contributed by atoms with Gasteiger partial charge in [-0.25, -0.2) is 0 Å². The van der Waals surface area contributed by atoms with Crippen LogP contribution in [0.5, 0.6) is 11.5 Å². The summed E-state index contributed by atoms with van der Waals surface area (Å²) in [6, 6.07) is 11.4. The van der Waals surface area contributed by atoms with Crippen LogP contribution in [-0.4, -0.2) is 31.7 Å². The molecule has 152 valence electrons. The number of methoxy groups -OCH3 is 2. The molecule has 1 aromatic heterocycles. The van der Waals surface area contributed by atoms with E-state index in [0.717, 1.165) is 27.6 Å². The first-order chi connectivity index (χ1) is 13.9. The lowest BCUT2D eigenvalue weighted by molar-refractivity contribution is -0.120. The predicted molar refractivity (Wildman–Crippen MR) is 114 cm³/mol. The highest BCUT2D eigenvalue weighted by atomic mass is 16.5. The van der Waals surface area contributed by atoms with Crippen molar-refractivity contribution in [1.82, 2.24) is 10.3 Å². The summed E-state index contributed by atoms with van der Waals surface area (Å²) in [5.74, 6) is 1.10. The van der Waals surface area contributed by atoms with Gasteiger partial charge >= 0.3 is 0 Å². The van der Waals surface area contributed by atoms with Crippen LogP contribution in [-0.2, 0) is 17.6 Å². The van der Waals surface area contributed by atoms with Crippen LogP contribution >= 0.6 is 0 Å². The molecular formula is C23H26N2O4. The number of amides is 1. The van der Waals surface area contributed by atoms with E-state index in [0.29, 0.717) is 30.0 Å². The molecule has 0 aliphatic carbocycles. The van der Waals surface area contributed by atoms with E-state index >= 15 is 0 Å². The zero-order valence-electron chi connectivity index (χ0n) is 17.2. The molecule has 2 aromatic carbocycles. The molecule has 0 spiro atoms. The Kier molecular flexibility index (Phi) is 6.22. The third-order valence-electron chi connectivity index (χ3n) is 5.05. The number of rotatable bonds is 7. The Morgan fingerprint density at radius 2 is 1.72 bits per heavy atom. The van der Waals surface area contributed by atoms with Gasteiger partial charge in [-0.05, 0) is 55.2 Å². The van der Waals surface area contributed by atoms with Crippen LogP contribution in [0.4, 0.5) is 0 Å². The molecule has 0 aliphatic rings. The first-order valence-electron chi connectivity index (χ1n) is 9.52. The Morgan fingerprint density at radius 1 is 1.00 bits per heavy atom. The summed E-state index contributed by atoms with van der Waals surface area (Å²) < 4.78 is 10.5. The van der Waals surface area contributed by atoms with Gasteiger partial charge < -0.3 is 19.8 Å². The molecule has 0 aliphatic heterocycles. The molecule has 0 saturated heterocycles. The Hall–Kier alpha value is -3.28. The van der Waals surface area contributed by atoms with E-state index in [1.54, 1.807) is 26.4 Å². The van der Waals surface area contributed by atoms with E-state index < -0.39 is 0 Å². The molecule has 3 rings (SSSR count). The first-order valence-corrected chi connectivity index (χ1v) is 9.52. The van der Waals surface area contributed by atoms with Crippen molar-refractivity contribution < 1.29 is 14.3 Å². The lowest BCUT2D eigenvalue weighted by atomic mass is 10.0. The fraction of sp³-hybridized carbons (Fsp3) is 0.304. The van der Waals surface area contributed by atoms with Crippen LogP contribution in [0.3, 0.4) is 0 Å². The van der Waals surface area contributed by atoms with E-state index in [-0.39, 0.29) is 17.9 Å². The summed E-state index contributed by atoms with van der Waals surface area (Å²) in [6.45, 7) is 4.39. The Balaban J connectivity index is 1.64. The van der Waals surface area contributed by atoms with Crippen LogP contribution < -0.4 is 20.3 Å². The number of hydrogen-bond donors (Lipinski definition) is 2. The normalized spacial score (nSPS) is 10.8. The summed E-state index contributed by atoms with van der Waals surface area (Å²) in [5.41, 5.74) is 4.40. The summed E-state index contributed by atoms with van der Waals surface area (Å²) >= 11 is 0. The summed E-state index contributed by atoms with van der Waals surface area (Å²) in [4.78, 5) is 27.7. The second kappa shape index (κ2) is 8.82. The second-order valence-corrected chi connectivity index (χ2v) is 7.08. The lowest BCUT2D eigenvalue weighted by Gasteiger charge is -2.10. The molecule has 29 heavy (non-hydrogen) atoms. The van der Waals surface area contributed by atoms with Gasteiger partial charge in [-0.15, -0.1) is 0 Å². The summed E-state index contributed by atoms with van der Waals surface area (Å²) in [6.07, 6.45) is 0.697. The number of carbonyl (C=O) groups excluding carboxylic acids is 1. The predicted octanol–water partition coefficient (Wildman–Crippen LogP) is 3.06. The molecule has 1 heterocycles. The van der Waals surface area contributed by atoms with E-state index in [4.69, 9.17) is 9.47 Å². The highest BCUT2D eigenvalue weighted by Crippen LogP contribution is 2.27. The van der Waals surface area contributed by atoms with E-state index in [9.17, 15) is 9.59 Å². The van der Waals surface area contributed by atoms with Crippen molar-refractivity contribution in [2.75, 3.05) is 20.8 Å². The second-order valence-electron chi connectivity index (χ2n) is 7.08. The minimum absolute atomic E-state index is 0.110. The van der Waals surface area contributed by atoms with Crippen molar-refractivity contribution in [2.24, 2.45) is 0 Å². The minimum atomic E-state index is -0.111. The average Bonchev–Trinajstić information content (AvgIpc) is 2.71. The topological polar surface area (TPSA) is 80.4 Å². The Bertz CT molecular complexity index is 1100. The number of hydrogen-bond acceptors (Lipinski definition) is 4. The molecule has 0 bridgehead atoms. The van der Waals surface area contributed by atoms with Crippen molar-refractivity contribution in [1.29, 1.82) is 0 Å². The molecule has 6 nitrogen and oxygen atoms in total. The standard InChI is InChI=1S/C23H26N2O4/c1-14-5-6-15(2)22-18(14)13-17(23(27)25-22)9-10-24-21(26)12-16-7-8-19(28-3)20(11-16)29-4/h5-8,11,13H,9-10,12H2,1-4H3,(H,24,26)(H,25,27). The van der Waals surface area contributed by atoms with E-state index in [1.807, 2.05) is 38.1 Å². The number of aryl methyl sites for hydroxylation is 2. The fourth-order valence-electron chi connectivity index (χ4n) is 3.38. The maximum absolute atomic E-state index is 12.4. The number of aromatic amines is 1. The molecule has 0 atom stereocenters. The molecule has 2 N–H and O–H groups in total. The van der Waals surface area contributed by atoms with Gasteiger partial charge in [-0.2, -0.15) is 0 Å². The van der Waals surface area contributed by atoms with Crippen LogP contribution in [0.2, 0.25) is 0 Å². The lowest BCUT2D eigenvalue weighted by Crippen LogP contribution is -2.28. The third kappa shape index (κ3) is 4.59. The van der Waals surface area contributed by atoms with Gasteiger partial charge in [0, 0.05) is 17.5 Å². The maximum atomic E-state index is 12.4. The number of H-pyrrole nitrogens is 1. The molecule has 6 heteroatoms. The minimum Gasteiger partial charge on any atom is -0.493 e. The van der Waals surface area contributed by atoms with Crippen LogP contribution in [0.1, 0.15) is 22.3 Å². The number of benzene rings is 2. The zero-order chi connectivity index (χ0) is 21.0. The molecule has 1 amide bonds. The van der Waals surface area contributed by atoms with Gasteiger partial charge in [0.25, 0.3) is 5.56 Å². The van der Waals surface area contributed by atoms with Crippen molar-refractivity contribution >= 4 is 16.8 Å². The van der Waals surface area contributed by atoms with Gasteiger partial charge in [-0.3, -0.25) is 9.59 Å². The largest absolute Gasteiger partial charge is 0.493 e. The zero-order valence-corrected chi connectivity index (χ0v) is 17.2. The third-order valence-corrected chi connectivity index (χ3v) is 5.05. The van der Waals surface area contributed by atoms with Crippen LogP contribution in [0.25, 0.3) is 10.9 Å². The smallest absolute Gasteiger partial charge is 0.251 e. The average molecular weight is 394 g/mol. The molecule has 0 radical (unpaired) electrons. The molecular weight excluding hydrogens is 368 g/mol. The SMILES string of the molecule is COc1ccc(CC(=O)NCCc2cc3c(C)ccc(C)c3[nH]c2=O)cc1OC. The highest BCUT2D eigenvalue weighted by Gasteiger charge is 2.10. The molecule has 0 saturated carbocycles. The van der Waals surface area contributed by atoms with Crippen molar-refractivity contribution in [3.05, 3.63) is 69.0 Å². The maximum Gasteiger partial charge on any atom is 0.251 e. The van der Waals surface area contributed by atoms with Crippen molar-refractivity contribution in [3.63, 3.8) is 0 Å². The number of carbonyl (C=O) groups is 1. The van der Waals surface area contributed by atoms with Crippen LogP contribution in [0.15, 0.2) is 41.2 Å². The molecule has 0 unspecified atom stereocenters. The van der Waals surface area contributed by atoms with Gasteiger partial charge in [0.1, 0.15) is 0 Å². The number of pyridine rings is 1. The highest BCUT2D eigenvalue weighted by molar-refractivity contribution is 5.85. The van der Waals surface area contributed by atoms with Gasteiger partial charge in [0.2, 0.25) is 5.91 Å².